The van der Waals surface area contributed by atoms with Crippen LogP contribution in [0.5, 0.6) is 0 Å². The molecule has 6 atom stereocenters. The molecule has 0 saturated carbocycles. The van der Waals surface area contributed by atoms with Crippen molar-refractivity contribution in [2.45, 2.75) is 55.3 Å². The maximum absolute atomic E-state index is 11.2. The molecular formula is C12H25N2O10P. The van der Waals surface area contributed by atoms with Crippen molar-refractivity contribution in [1.29, 1.82) is 0 Å². The van der Waals surface area contributed by atoms with E-state index in [1.165, 1.54) is 0 Å². The number of phosphoric acid groups is 1. The Bertz CT molecular complexity index is 502. The second kappa shape index (κ2) is 8.82. The van der Waals surface area contributed by atoms with E-state index in [1.807, 2.05) is 0 Å². The molecule has 0 radical (unpaired) electrons. The Morgan fingerprint density at radius 1 is 1.28 bits per heavy atom. The normalized spacial score (nSPS) is 32.5. The van der Waals surface area contributed by atoms with Crippen LogP contribution >= 0.6 is 7.82 Å². The molecule has 0 aromatic rings. The van der Waals surface area contributed by atoms with Gasteiger partial charge in [0.1, 0.15) is 30.0 Å². The molecule has 2 unspecified atom stereocenters. The summed E-state index contributed by atoms with van der Waals surface area (Å²) in [6.45, 7) is -1.54. The minimum atomic E-state index is -5.06. The maximum Gasteiger partial charge on any atom is 0.470 e. The van der Waals surface area contributed by atoms with Gasteiger partial charge in [0.25, 0.3) is 0 Å². The summed E-state index contributed by atoms with van der Waals surface area (Å²) in [5.74, 6) is -1.19. The summed E-state index contributed by atoms with van der Waals surface area (Å²) >= 11 is 0. The lowest BCUT2D eigenvalue weighted by atomic mass is 9.85. The van der Waals surface area contributed by atoms with Gasteiger partial charge in [0.05, 0.1) is 13.2 Å². The molecule has 0 aliphatic carbocycles. The predicted molar refractivity (Wildman–Crippen MR) is 82.1 cm³/mol. The number of hydrogen-bond acceptors (Lipinski definition) is 9. The van der Waals surface area contributed by atoms with E-state index in [1.54, 1.807) is 0 Å². The number of carboxylic acid groups (broad SMARTS) is 1. The van der Waals surface area contributed by atoms with Crippen LogP contribution < -0.4 is 11.5 Å². The minimum absolute atomic E-state index is 0.0629. The number of hydrogen-bond donors (Lipinski definition) is 8. The van der Waals surface area contributed by atoms with Crippen molar-refractivity contribution in [3.8, 4) is 0 Å². The highest BCUT2D eigenvalue weighted by Gasteiger charge is 2.59. The van der Waals surface area contributed by atoms with Crippen molar-refractivity contribution in [2.75, 3.05) is 13.2 Å². The van der Waals surface area contributed by atoms with Crippen molar-refractivity contribution in [3.63, 3.8) is 0 Å². The number of phosphoric ester groups is 1. The first kappa shape index (κ1) is 22.4. The first-order valence-electron chi connectivity index (χ1n) is 7.54. The van der Waals surface area contributed by atoms with E-state index in [4.69, 9.17) is 31.1 Å². The lowest BCUT2D eigenvalue weighted by Gasteiger charge is -2.37. The van der Waals surface area contributed by atoms with Crippen molar-refractivity contribution >= 4 is 13.8 Å². The number of aliphatic hydroxyl groups excluding tert-OH is 3. The third kappa shape index (κ3) is 5.41. The molecule has 0 bridgehead atoms. The largest absolute Gasteiger partial charge is 0.480 e. The van der Waals surface area contributed by atoms with Crippen LogP contribution in [0.2, 0.25) is 0 Å². The van der Waals surface area contributed by atoms with Gasteiger partial charge in [-0.2, -0.15) is 0 Å². The number of carbonyl (C=O) groups is 1. The van der Waals surface area contributed by atoms with Gasteiger partial charge >= 0.3 is 13.8 Å². The number of ether oxygens (including phenoxy) is 1. The fourth-order valence-corrected chi connectivity index (χ4v) is 3.41. The van der Waals surface area contributed by atoms with Gasteiger partial charge in [-0.15, -0.1) is 0 Å². The van der Waals surface area contributed by atoms with Gasteiger partial charge in [0.15, 0.2) is 0 Å². The molecular weight excluding hydrogens is 363 g/mol. The molecule has 148 valence electrons. The monoisotopic (exact) mass is 388 g/mol. The van der Waals surface area contributed by atoms with Crippen molar-refractivity contribution < 1.29 is 48.8 Å². The summed E-state index contributed by atoms with van der Waals surface area (Å²) in [5, 5.41) is 37.8. The Morgan fingerprint density at radius 2 is 1.88 bits per heavy atom. The van der Waals surface area contributed by atoms with E-state index >= 15 is 0 Å². The SMILES string of the molecule is NC(CCC[C@H](N)C(=O)O)C1(CO)O[C@H](CO)[C@@H](O)[C@@H]1OP(=O)(O)O. The summed E-state index contributed by atoms with van der Waals surface area (Å²) in [7, 11) is -5.06. The highest BCUT2D eigenvalue weighted by Crippen LogP contribution is 2.46. The van der Waals surface area contributed by atoms with Gasteiger partial charge in [0.2, 0.25) is 0 Å². The summed E-state index contributed by atoms with van der Waals surface area (Å²) in [6.07, 6.45) is -4.26. The average molecular weight is 388 g/mol. The first-order valence-corrected chi connectivity index (χ1v) is 9.07. The molecule has 10 N–H and O–H groups in total. The Hall–Kier alpha value is -0.660. The van der Waals surface area contributed by atoms with Gasteiger partial charge < -0.3 is 46.4 Å². The van der Waals surface area contributed by atoms with E-state index < -0.39 is 63.0 Å². The Morgan fingerprint density at radius 3 is 2.32 bits per heavy atom. The Kier molecular flexibility index (Phi) is 7.90. The number of aliphatic hydroxyl groups is 3. The molecule has 13 heteroatoms. The second-order valence-electron chi connectivity index (χ2n) is 5.94. The fraction of sp³-hybridized carbons (Fsp3) is 0.917. The third-order valence-electron chi connectivity index (χ3n) is 4.20. The molecule has 1 aliphatic rings. The second-order valence-corrected chi connectivity index (χ2v) is 7.13. The molecule has 0 aromatic carbocycles. The first-order chi connectivity index (χ1) is 11.5. The third-order valence-corrected chi connectivity index (χ3v) is 4.70. The van der Waals surface area contributed by atoms with Crippen LogP contribution in [0, 0.1) is 0 Å². The standard InChI is InChI=1S/C12H25N2O10P/c13-6(11(18)19)2-1-3-8(14)12(5-16)10(24-25(20,21)22)9(17)7(4-15)23-12/h6-10,15-17H,1-5,13-14H2,(H,18,19)(H2,20,21,22)/t6-,7+,8?,9+,10-,12?/m0/s1. The van der Waals surface area contributed by atoms with E-state index in [9.17, 15) is 24.7 Å². The highest BCUT2D eigenvalue weighted by atomic mass is 31.2. The molecule has 1 saturated heterocycles. The summed E-state index contributed by atoms with van der Waals surface area (Å²) in [4.78, 5) is 28.8. The van der Waals surface area contributed by atoms with Gasteiger partial charge in [-0.25, -0.2) is 4.57 Å². The zero-order chi connectivity index (χ0) is 19.4. The quantitative estimate of drug-likeness (QED) is 0.174. The van der Waals surface area contributed by atoms with Gasteiger partial charge in [-0.05, 0) is 19.3 Å². The molecule has 1 aliphatic heterocycles. The molecule has 1 rings (SSSR count). The molecule has 1 heterocycles. The summed E-state index contributed by atoms with van der Waals surface area (Å²) in [6, 6.07) is -2.19. The Balaban J connectivity index is 2.93. The lowest BCUT2D eigenvalue weighted by molar-refractivity contribution is -0.139. The molecule has 1 fully saturated rings. The number of nitrogens with two attached hydrogens (primary N) is 2. The fourth-order valence-electron chi connectivity index (χ4n) is 2.82. The number of carboxylic acids is 1. The van der Waals surface area contributed by atoms with E-state index in [2.05, 4.69) is 4.52 Å². The van der Waals surface area contributed by atoms with E-state index in [0.29, 0.717) is 0 Å². The van der Waals surface area contributed by atoms with Crippen LogP contribution in [-0.4, -0.2) is 85.4 Å². The molecule has 0 aromatic heterocycles. The zero-order valence-electron chi connectivity index (χ0n) is 13.3. The highest BCUT2D eigenvalue weighted by molar-refractivity contribution is 7.46. The van der Waals surface area contributed by atoms with Crippen molar-refractivity contribution in [3.05, 3.63) is 0 Å². The average Bonchev–Trinajstić information content (AvgIpc) is 2.78. The van der Waals surface area contributed by atoms with Crippen LogP contribution in [0.25, 0.3) is 0 Å². The molecule has 0 amide bonds. The topological polar surface area (TPSA) is 226 Å². The molecule has 0 spiro atoms. The van der Waals surface area contributed by atoms with Gasteiger partial charge in [0, 0.05) is 6.04 Å². The zero-order valence-corrected chi connectivity index (χ0v) is 14.2. The Labute approximate surface area is 143 Å². The van der Waals surface area contributed by atoms with Crippen LogP contribution in [-0.2, 0) is 18.6 Å². The van der Waals surface area contributed by atoms with Crippen LogP contribution in [0.15, 0.2) is 0 Å². The predicted octanol–water partition coefficient (Wildman–Crippen LogP) is -3.14. The van der Waals surface area contributed by atoms with Crippen molar-refractivity contribution in [1.82, 2.24) is 0 Å². The van der Waals surface area contributed by atoms with E-state index in [-0.39, 0.29) is 19.3 Å². The molecule has 12 nitrogen and oxygen atoms in total. The summed E-state index contributed by atoms with van der Waals surface area (Å²) in [5.41, 5.74) is 9.46. The molecule has 25 heavy (non-hydrogen) atoms. The van der Waals surface area contributed by atoms with Gasteiger partial charge in [-0.3, -0.25) is 9.32 Å². The van der Waals surface area contributed by atoms with E-state index in [0.717, 1.165) is 0 Å². The van der Waals surface area contributed by atoms with Crippen LogP contribution in [0.4, 0.5) is 0 Å². The summed E-state index contributed by atoms with van der Waals surface area (Å²) < 4.78 is 21.1. The van der Waals surface area contributed by atoms with Crippen LogP contribution in [0.3, 0.4) is 0 Å². The number of rotatable bonds is 10. The minimum Gasteiger partial charge on any atom is -0.480 e. The maximum atomic E-state index is 11.2. The number of aliphatic carboxylic acids is 1. The lowest BCUT2D eigenvalue weighted by Crippen LogP contribution is -2.59. The van der Waals surface area contributed by atoms with Crippen LogP contribution in [0.1, 0.15) is 19.3 Å². The smallest absolute Gasteiger partial charge is 0.470 e. The van der Waals surface area contributed by atoms with Crippen molar-refractivity contribution in [2.24, 2.45) is 11.5 Å². The van der Waals surface area contributed by atoms with Gasteiger partial charge in [-0.1, -0.05) is 0 Å².